The summed E-state index contributed by atoms with van der Waals surface area (Å²) in [6.45, 7) is 2.93. The number of halogens is 2. The Kier molecular flexibility index (Phi) is 5.17. The molecule has 142 valence electrons. The normalized spacial score (nSPS) is 11.6. The van der Waals surface area contributed by atoms with Crippen LogP contribution in [0.25, 0.3) is 11.5 Å². The molecule has 0 aliphatic rings. The van der Waals surface area contributed by atoms with Crippen LogP contribution < -0.4 is 4.31 Å². The van der Waals surface area contributed by atoms with Gasteiger partial charge in [-0.3, -0.25) is 9.29 Å². The molecule has 10 heteroatoms. The maximum Gasteiger partial charge on any atom is 0.249 e. The number of pyridine rings is 1. The maximum atomic E-state index is 13.6. The highest BCUT2D eigenvalue weighted by Crippen LogP contribution is 2.24. The Labute approximate surface area is 154 Å². The van der Waals surface area contributed by atoms with Gasteiger partial charge in [-0.25, -0.2) is 17.2 Å². The van der Waals surface area contributed by atoms with Gasteiger partial charge >= 0.3 is 0 Å². The molecule has 7 nitrogen and oxygen atoms in total. The summed E-state index contributed by atoms with van der Waals surface area (Å²) in [5, 5.41) is 7.61. The molecule has 0 bridgehead atoms. The number of anilines is 1. The molecule has 0 fully saturated rings. The summed E-state index contributed by atoms with van der Waals surface area (Å²) in [4.78, 5) is 4.20. The quantitative estimate of drug-likeness (QED) is 0.638. The highest BCUT2D eigenvalue weighted by Gasteiger charge is 2.23. The molecule has 0 unspecified atom stereocenters. The number of benzene rings is 1. The Balaban J connectivity index is 1.92. The third kappa shape index (κ3) is 4.27. The molecule has 0 saturated carbocycles. The van der Waals surface area contributed by atoms with Gasteiger partial charge in [0.15, 0.2) is 0 Å². The summed E-state index contributed by atoms with van der Waals surface area (Å²) in [5.41, 5.74) is 0.852. The fourth-order valence-corrected chi connectivity index (χ4v) is 3.46. The van der Waals surface area contributed by atoms with Crippen LogP contribution in [0.4, 0.5) is 14.5 Å². The summed E-state index contributed by atoms with van der Waals surface area (Å²) in [6.07, 6.45) is 1.46. The average molecular weight is 394 g/mol. The number of sulfonamides is 1. The van der Waals surface area contributed by atoms with Gasteiger partial charge in [-0.2, -0.15) is 0 Å². The van der Waals surface area contributed by atoms with Crippen molar-refractivity contribution in [2.45, 2.75) is 20.4 Å². The van der Waals surface area contributed by atoms with Crippen molar-refractivity contribution in [1.82, 2.24) is 15.2 Å². The van der Waals surface area contributed by atoms with E-state index in [1.54, 1.807) is 19.1 Å². The molecule has 0 radical (unpaired) electrons. The summed E-state index contributed by atoms with van der Waals surface area (Å²) < 4.78 is 58.2. The van der Waals surface area contributed by atoms with Crippen molar-refractivity contribution in [1.29, 1.82) is 0 Å². The lowest BCUT2D eigenvalue weighted by Crippen LogP contribution is -2.32. The van der Waals surface area contributed by atoms with Crippen molar-refractivity contribution in [3.05, 3.63) is 59.7 Å². The van der Waals surface area contributed by atoms with E-state index < -0.39 is 21.7 Å². The molecule has 0 aliphatic heterocycles. The number of aromatic nitrogens is 3. The summed E-state index contributed by atoms with van der Waals surface area (Å²) in [6, 6.07) is 5.85. The molecule has 0 saturated heterocycles. The van der Waals surface area contributed by atoms with Gasteiger partial charge < -0.3 is 4.42 Å². The zero-order chi connectivity index (χ0) is 19.6. The number of rotatable bonds is 6. The first-order valence-corrected chi connectivity index (χ1v) is 9.61. The van der Waals surface area contributed by atoms with Crippen molar-refractivity contribution < 1.29 is 21.6 Å². The third-order valence-corrected chi connectivity index (χ3v) is 5.48. The molecule has 0 amide bonds. The highest BCUT2D eigenvalue weighted by atomic mass is 32.2. The van der Waals surface area contributed by atoms with E-state index in [1.165, 1.54) is 13.1 Å². The molecule has 0 aliphatic carbocycles. The van der Waals surface area contributed by atoms with Crippen LogP contribution in [-0.2, 0) is 16.6 Å². The van der Waals surface area contributed by atoms with Crippen LogP contribution >= 0.6 is 0 Å². The lowest BCUT2D eigenvalue weighted by atomic mass is 10.2. The van der Waals surface area contributed by atoms with E-state index in [0.29, 0.717) is 23.2 Å². The van der Waals surface area contributed by atoms with Crippen molar-refractivity contribution in [3.8, 4) is 11.5 Å². The maximum absolute atomic E-state index is 13.6. The fraction of sp³-hybridized carbons (Fsp3) is 0.235. The Hall–Kier alpha value is -2.88. The van der Waals surface area contributed by atoms with Crippen LogP contribution in [-0.4, -0.2) is 29.4 Å². The molecule has 3 aromatic rings. The first kappa shape index (κ1) is 18.9. The van der Waals surface area contributed by atoms with Gasteiger partial charge in [-0.15, -0.1) is 10.2 Å². The second-order valence-electron chi connectivity index (χ2n) is 5.70. The lowest BCUT2D eigenvalue weighted by Gasteiger charge is -2.23. The first-order chi connectivity index (χ1) is 12.8. The van der Waals surface area contributed by atoms with Gasteiger partial charge in [0, 0.05) is 19.2 Å². The minimum atomic E-state index is -3.78. The number of hydrogen-bond acceptors (Lipinski definition) is 6. The fourth-order valence-electron chi connectivity index (χ4n) is 2.39. The van der Waals surface area contributed by atoms with E-state index in [2.05, 4.69) is 15.2 Å². The number of nitrogens with zero attached hydrogens (tertiary/aromatic N) is 4. The van der Waals surface area contributed by atoms with Gasteiger partial charge in [0.1, 0.15) is 11.6 Å². The predicted molar refractivity (Wildman–Crippen MR) is 94.3 cm³/mol. The summed E-state index contributed by atoms with van der Waals surface area (Å²) >= 11 is 0. The van der Waals surface area contributed by atoms with E-state index in [4.69, 9.17) is 4.42 Å². The third-order valence-electron chi connectivity index (χ3n) is 3.74. The second kappa shape index (κ2) is 7.39. The predicted octanol–water partition coefficient (Wildman–Crippen LogP) is 3.07. The molecule has 0 N–H and O–H groups in total. The molecule has 2 heterocycles. The van der Waals surface area contributed by atoms with Gasteiger partial charge in [0.2, 0.25) is 21.8 Å². The van der Waals surface area contributed by atoms with Crippen molar-refractivity contribution in [3.63, 3.8) is 0 Å². The van der Waals surface area contributed by atoms with Crippen LogP contribution in [0.3, 0.4) is 0 Å². The molecule has 0 atom stereocenters. The molecular weight excluding hydrogens is 378 g/mol. The van der Waals surface area contributed by atoms with Gasteiger partial charge in [-0.05, 0) is 31.2 Å². The molecule has 1 aromatic carbocycles. The molecule has 2 aromatic heterocycles. The van der Waals surface area contributed by atoms with E-state index in [0.717, 1.165) is 16.4 Å². The van der Waals surface area contributed by atoms with Crippen molar-refractivity contribution in [2.24, 2.45) is 0 Å². The molecule has 0 spiro atoms. The lowest BCUT2D eigenvalue weighted by molar-refractivity contribution is 0.532. The Morgan fingerprint density at radius 1 is 1.11 bits per heavy atom. The number of hydrogen-bond donors (Lipinski definition) is 0. The Bertz CT molecular complexity index is 1030. The standard InChI is InChI=1S/C17H16F2N4O3S/c1-3-27(24,25)23(16-7-13(18)6-14(19)8-16)10-15-5-4-12(9-20-15)17-22-21-11(2)26-17/h4-9H,3,10H2,1-2H3. The SMILES string of the molecule is CCS(=O)(=O)N(Cc1ccc(-c2nnc(C)o2)cn1)c1cc(F)cc(F)c1. The van der Waals surface area contributed by atoms with Crippen LogP contribution in [0.5, 0.6) is 0 Å². The van der Waals surface area contributed by atoms with Crippen molar-refractivity contribution >= 4 is 15.7 Å². The van der Waals surface area contributed by atoms with Gasteiger partial charge in [0.25, 0.3) is 0 Å². The minimum Gasteiger partial charge on any atom is -0.421 e. The van der Waals surface area contributed by atoms with Crippen LogP contribution in [0.15, 0.2) is 40.9 Å². The first-order valence-electron chi connectivity index (χ1n) is 8.00. The second-order valence-corrected chi connectivity index (χ2v) is 7.88. The monoisotopic (exact) mass is 394 g/mol. The zero-order valence-electron chi connectivity index (χ0n) is 14.6. The molecule has 27 heavy (non-hydrogen) atoms. The average Bonchev–Trinajstić information content (AvgIpc) is 3.05. The molecule has 3 rings (SSSR count). The van der Waals surface area contributed by atoms with E-state index in [1.807, 2.05) is 0 Å². The van der Waals surface area contributed by atoms with E-state index >= 15 is 0 Å². The molecular formula is C17H16F2N4O3S. The van der Waals surface area contributed by atoms with Gasteiger partial charge in [-0.1, -0.05) is 0 Å². The van der Waals surface area contributed by atoms with Crippen molar-refractivity contribution in [2.75, 3.05) is 10.1 Å². The zero-order valence-corrected chi connectivity index (χ0v) is 15.4. The van der Waals surface area contributed by atoms with Crippen LogP contribution in [0.1, 0.15) is 18.5 Å². The topological polar surface area (TPSA) is 89.2 Å². The Morgan fingerprint density at radius 2 is 1.81 bits per heavy atom. The smallest absolute Gasteiger partial charge is 0.249 e. The van der Waals surface area contributed by atoms with E-state index in [9.17, 15) is 17.2 Å². The summed E-state index contributed by atoms with van der Waals surface area (Å²) in [7, 11) is -3.78. The Morgan fingerprint density at radius 3 is 2.33 bits per heavy atom. The number of aryl methyl sites for hydroxylation is 1. The largest absolute Gasteiger partial charge is 0.421 e. The van der Waals surface area contributed by atoms with Gasteiger partial charge in [0.05, 0.1) is 29.2 Å². The van der Waals surface area contributed by atoms with Crippen LogP contribution in [0.2, 0.25) is 0 Å². The van der Waals surface area contributed by atoms with E-state index in [-0.39, 0.29) is 23.9 Å². The summed E-state index contributed by atoms with van der Waals surface area (Å²) in [5.74, 6) is -1.27. The minimum absolute atomic E-state index is 0.104. The van der Waals surface area contributed by atoms with Crippen LogP contribution in [0, 0.1) is 18.6 Å². The highest BCUT2D eigenvalue weighted by molar-refractivity contribution is 7.92.